The van der Waals surface area contributed by atoms with Crippen molar-refractivity contribution in [1.82, 2.24) is 20.4 Å². The Bertz CT molecular complexity index is 1050. The molecular formula is C25H29FN4O3. The molecule has 1 saturated heterocycles. The molecule has 0 atom stereocenters. The minimum atomic E-state index is -0.300. The van der Waals surface area contributed by atoms with E-state index in [0.717, 1.165) is 44.5 Å². The molecule has 0 bridgehead atoms. The number of ether oxygens (including phenoxy) is 1. The lowest BCUT2D eigenvalue weighted by Gasteiger charge is -2.30. The third-order valence-electron chi connectivity index (χ3n) is 5.96. The van der Waals surface area contributed by atoms with Crippen LogP contribution in [0.5, 0.6) is 5.75 Å². The summed E-state index contributed by atoms with van der Waals surface area (Å²) >= 11 is 0. The number of carbonyl (C=O) groups excluding carboxylic acids is 1. The predicted molar refractivity (Wildman–Crippen MR) is 122 cm³/mol. The second-order valence-corrected chi connectivity index (χ2v) is 8.32. The molecule has 1 fully saturated rings. The number of hydrogen-bond donors (Lipinski definition) is 1. The van der Waals surface area contributed by atoms with Crippen LogP contribution in [0.25, 0.3) is 11.4 Å². The maximum Gasteiger partial charge on any atom is 0.241 e. The van der Waals surface area contributed by atoms with Crippen LogP contribution in [-0.2, 0) is 17.8 Å². The first-order chi connectivity index (χ1) is 16.1. The molecule has 3 aromatic rings. The lowest BCUT2D eigenvalue weighted by molar-refractivity contribution is -0.126. The van der Waals surface area contributed by atoms with Crippen LogP contribution >= 0.6 is 0 Å². The number of nitrogens with zero attached hydrogens (tertiary/aromatic N) is 3. The topological polar surface area (TPSA) is 80.5 Å². The number of carbonyl (C=O) groups is 1. The highest BCUT2D eigenvalue weighted by atomic mass is 19.1. The maximum atomic E-state index is 13.1. The van der Waals surface area contributed by atoms with Crippen LogP contribution in [0.4, 0.5) is 4.39 Å². The van der Waals surface area contributed by atoms with E-state index in [1.165, 1.54) is 17.7 Å². The Morgan fingerprint density at radius 1 is 1.21 bits per heavy atom. The maximum absolute atomic E-state index is 13.1. The zero-order chi connectivity index (χ0) is 23.0. The fraction of sp³-hybridized carbons (Fsp3) is 0.400. The average molecular weight is 453 g/mol. The standard InChI is InChI=1S/C25H29FN4O3/c1-32-22-6-2-4-18(16-22)5-3-13-27-25(31)20-11-14-30(15-12-20)17-23-28-24(29-33-23)19-7-9-21(26)10-8-19/h2,4,6-10,16,20H,3,5,11-15,17H2,1H3,(H,27,31). The van der Waals surface area contributed by atoms with E-state index in [1.807, 2.05) is 18.2 Å². The van der Waals surface area contributed by atoms with Crippen LogP contribution < -0.4 is 10.1 Å². The quantitative estimate of drug-likeness (QED) is 0.497. The first-order valence-corrected chi connectivity index (χ1v) is 11.3. The Labute approximate surface area is 192 Å². The zero-order valence-electron chi connectivity index (χ0n) is 18.8. The van der Waals surface area contributed by atoms with Crippen molar-refractivity contribution >= 4 is 5.91 Å². The molecule has 33 heavy (non-hydrogen) atoms. The van der Waals surface area contributed by atoms with Crippen molar-refractivity contribution in [1.29, 1.82) is 0 Å². The highest BCUT2D eigenvalue weighted by Crippen LogP contribution is 2.21. The van der Waals surface area contributed by atoms with E-state index >= 15 is 0 Å². The summed E-state index contributed by atoms with van der Waals surface area (Å²) in [4.78, 5) is 19.2. The Morgan fingerprint density at radius 2 is 2.00 bits per heavy atom. The van der Waals surface area contributed by atoms with Gasteiger partial charge in [-0.25, -0.2) is 4.39 Å². The second-order valence-electron chi connectivity index (χ2n) is 8.32. The Balaban J connectivity index is 1.16. The van der Waals surface area contributed by atoms with E-state index in [1.54, 1.807) is 19.2 Å². The summed E-state index contributed by atoms with van der Waals surface area (Å²) in [5.41, 5.74) is 1.92. The third kappa shape index (κ3) is 6.38. The molecule has 2 aromatic carbocycles. The van der Waals surface area contributed by atoms with Gasteiger partial charge in [0.15, 0.2) is 0 Å². The fourth-order valence-electron chi connectivity index (χ4n) is 4.06. The number of hydrogen-bond acceptors (Lipinski definition) is 6. The Hall–Kier alpha value is -3.26. The van der Waals surface area contributed by atoms with E-state index < -0.39 is 0 Å². The van der Waals surface area contributed by atoms with Gasteiger partial charge in [-0.2, -0.15) is 4.98 Å². The summed E-state index contributed by atoms with van der Waals surface area (Å²) in [7, 11) is 1.66. The molecule has 0 radical (unpaired) electrons. The van der Waals surface area contributed by atoms with Gasteiger partial charge in [-0.3, -0.25) is 9.69 Å². The molecule has 4 rings (SSSR count). The minimum Gasteiger partial charge on any atom is -0.497 e. The summed E-state index contributed by atoms with van der Waals surface area (Å²) in [5, 5.41) is 7.08. The van der Waals surface area contributed by atoms with Gasteiger partial charge in [-0.1, -0.05) is 17.3 Å². The van der Waals surface area contributed by atoms with Gasteiger partial charge in [0.1, 0.15) is 11.6 Å². The molecule has 0 aliphatic carbocycles. The molecule has 7 nitrogen and oxygen atoms in total. The average Bonchev–Trinajstić information content (AvgIpc) is 3.31. The van der Waals surface area contributed by atoms with Crippen LogP contribution in [0.1, 0.15) is 30.7 Å². The third-order valence-corrected chi connectivity index (χ3v) is 5.96. The predicted octanol–water partition coefficient (Wildman–Crippen LogP) is 3.85. The summed E-state index contributed by atoms with van der Waals surface area (Å²) in [6, 6.07) is 14.0. The molecule has 1 aliphatic heterocycles. The number of piperidine rings is 1. The molecule has 0 spiro atoms. The molecule has 174 valence electrons. The van der Waals surface area contributed by atoms with Crippen molar-refractivity contribution in [2.75, 3.05) is 26.7 Å². The van der Waals surface area contributed by atoms with Crippen LogP contribution in [0.2, 0.25) is 0 Å². The van der Waals surface area contributed by atoms with Crippen molar-refractivity contribution in [2.24, 2.45) is 5.92 Å². The minimum absolute atomic E-state index is 0.0375. The fourth-order valence-corrected chi connectivity index (χ4v) is 4.06. The van der Waals surface area contributed by atoms with Gasteiger partial charge in [-0.05, 0) is 80.7 Å². The lowest BCUT2D eigenvalue weighted by Crippen LogP contribution is -2.40. The van der Waals surface area contributed by atoms with Crippen LogP contribution in [-0.4, -0.2) is 47.7 Å². The number of aryl methyl sites for hydroxylation is 1. The van der Waals surface area contributed by atoms with Gasteiger partial charge in [0, 0.05) is 18.0 Å². The normalized spacial score (nSPS) is 14.8. The Morgan fingerprint density at radius 3 is 2.76 bits per heavy atom. The molecule has 1 aromatic heterocycles. The highest BCUT2D eigenvalue weighted by Gasteiger charge is 2.25. The number of rotatable bonds is 9. The van der Waals surface area contributed by atoms with Gasteiger partial charge in [0.05, 0.1) is 13.7 Å². The molecule has 8 heteroatoms. The lowest BCUT2D eigenvalue weighted by atomic mass is 9.96. The van der Waals surface area contributed by atoms with Crippen LogP contribution in [0.3, 0.4) is 0 Å². The number of benzene rings is 2. The van der Waals surface area contributed by atoms with Crippen LogP contribution in [0.15, 0.2) is 53.1 Å². The SMILES string of the molecule is COc1cccc(CCCNC(=O)C2CCN(Cc3nc(-c4ccc(F)cc4)no3)CC2)c1. The van der Waals surface area contributed by atoms with Gasteiger partial charge in [-0.15, -0.1) is 0 Å². The largest absolute Gasteiger partial charge is 0.497 e. The number of aromatic nitrogens is 2. The van der Waals surface area contributed by atoms with E-state index in [4.69, 9.17) is 9.26 Å². The van der Waals surface area contributed by atoms with Gasteiger partial charge in [0.25, 0.3) is 0 Å². The summed E-state index contributed by atoms with van der Waals surface area (Å²) in [6.07, 6.45) is 3.41. The van der Waals surface area contributed by atoms with Gasteiger partial charge >= 0.3 is 0 Å². The van der Waals surface area contributed by atoms with Crippen molar-refractivity contribution in [3.8, 4) is 17.1 Å². The summed E-state index contributed by atoms with van der Waals surface area (Å²) < 4.78 is 23.7. The van der Waals surface area contributed by atoms with Gasteiger partial charge < -0.3 is 14.6 Å². The monoisotopic (exact) mass is 452 g/mol. The molecule has 1 N–H and O–H groups in total. The van der Waals surface area contributed by atoms with E-state index in [0.29, 0.717) is 30.4 Å². The Kier molecular flexibility index (Phi) is 7.67. The molecule has 1 aliphatic rings. The number of likely N-dealkylation sites (tertiary alicyclic amines) is 1. The first-order valence-electron chi connectivity index (χ1n) is 11.3. The summed E-state index contributed by atoms with van der Waals surface area (Å²) in [6.45, 7) is 2.82. The first kappa shape index (κ1) is 22.9. The molecule has 0 saturated carbocycles. The molecule has 1 amide bonds. The van der Waals surface area contributed by atoms with Crippen LogP contribution in [0, 0.1) is 11.7 Å². The van der Waals surface area contributed by atoms with E-state index in [9.17, 15) is 9.18 Å². The number of methoxy groups -OCH3 is 1. The zero-order valence-corrected chi connectivity index (χ0v) is 18.8. The van der Waals surface area contributed by atoms with Gasteiger partial charge in [0.2, 0.25) is 17.6 Å². The molecular weight excluding hydrogens is 423 g/mol. The molecule has 0 unspecified atom stereocenters. The van der Waals surface area contributed by atoms with E-state index in [2.05, 4.69) is 26.4 Å². The smallest absolute Gasteiger partial charge is 0.241 e. The van der Waals surface area contributed by atoms with Crippen molar-refractivity contribution in [2.45, 2.75) is 32.2 Å². The number of nitrogens with one attached hydrogen (secondary N) is 1. The highest BCUT2D eigenvalue weighted by molar-refractivity contribution is 5.78. The van der Waals surface area contributed by atoms with Crippen molar-refractivity contribution in [3.63, 3.8) is 0 Å². The van der Waals surface area contributed by atoms with Crippen molar-refractivity contribution < 1.29 is 18.4 Å². The molecule has 2 heterocycles. The number of halogens is 1. The second kappa shape index (κ2) is 11.0. The van der Waals surface area contributed by atoms with Crippen molar-refractivity contribution in [3.05, 3.63) is 65.8 Å². The number of amides is 1. The summed E-state index contributed by atoms with van der Waals surface area (Å²) in [5.74, 6) is 1.71. The van der Waals surface area contributed by atoms with E-state index in [-0.39, 0.29) is 17.6 Å².